The van der Waals surface area contributed by atoms with Crippen LogP contribution in [0.15, 0.2) is 23.1 Å². The number of hydrogen-bond acceptors (Lipinski definition) is 4. The van der Waals surface area contributed by atoms with Gasteiger partial charge in [-0.2, -0.15) is 28.2 Å². The van der Waals surface area contributed by atoms with Gasteiger partial charge in [-0.05, 0) is 26.8 Å². The fourth-order valence-corrected chi connectivity index (χ4v) is 2.14. The highest BCUT2D eigenvalue weighted by Gasteiger charge is 2.34. The summed E-state index contributed by atoms with van der Waals surface area (Å²) in [6.07, 6.45) is -4.63. The van der Waals surface area contributed by atoms with Gasteiger partial charge in [-0.3, -0.25) is 4.79 Å². The zero-order valence-electron chi connectivity index (χ0n) is 13.5. The van der Waals surface area contributed by atoms with Gasteiger partial charge in [0.1, 0.15) is 17.5 Å². The van der Waals surface area contributed by atoms with Crippen molar-refractivity contribution in [1.29, 1.82) is 5.26 Å². The molecule has 9 heteroatoms. The molecule has 0 atom stereocenters. The van der Waals surface area contributed by atoms with Gasteiger partial charge in [-0.1, -0.05) is 0 Å². The van der Waals surface area contributed by atoms with Crippen molar-refractivity contribution >= 4 is 0 Å². The third-order valence-electron chi connectivity index (χ3n) is 3.29. The van der Waals surface area contributed by atoms with Gasteiger partial charge >= 0.3 is 6.18 Å². The number of halogens is 4. The first-order valence-corrected chi connectivity index (χ1v) is 7.13. The maximum absolute atomic E-state index is 14.3. The Bertz CT molecular complexity index is 911. The second-order valence-corrected chi connectivity index (χ2v) is 5.48. The summed E-state index contributed by atoms with van der Waals surface area (Å²) in [5.41, 5.74) is -3.43. The Labute approximate surface area is 140 Å². The average Bonchev–Trinajstić information content (AvgIpc) is 2.50. The number of ether oxygens (including phenoxy) is 1. The molecule has 0 aliphatic carbocycles. The molecule has 0 N–H and O–H groups in total. The Kier molecular flexibility index (Phi) is 4.83. The lowest BCUT2D eigenvalue weighted by Gasteiger charge is -2.15. The SMILES string of the molecule is Cc1c(C(F)(F)F)cnn(-c2cc(OC(C)C)c(C#N)cc2F)c1=O. The molecule has 0 saturated carbocycles. The van der Waals surface area contributed by atoms with Crippen LogP contribution >= 0.6 is 0 Å². The normalized spacial score (nSPS) is 11.5. The van der Waals surface area contributed by atoms with Gasteiger partial charge in [0.25, 0.3) is 5.56 Å². The second-order valence-electron chi connectivity index (χ2n) is 5.48. The van der Waals surface area contributed by atoms with Crippen LogP contribution in [0.3, 0.4) is 0 Å². The highest BCUT2D eigenvalue weighted by atomic mass is 19.4. The van der Waals surface area contributed by atoms with E-state index in [-0.39, 0.29) is 17.4 Å². The fraction of sp³-hybridized carbons (Fsp3) is 0.312. The Balaban J connectivity index is 2.69. The highest BCUT2D eigenvalue weighted by molar-refractivity contribution is 5.51. The summed E-state index contributed by atoms with van der Waals surface area (Å²) in [5, 5.41) is 12.5. The van der Waals surface area contributed by atoms with E-state index >= 15 is 0 Å². The van der Waals surface area contributed by atoms with Gasteiger partial charge in [0, 0.05) is 11.6 Å². The number of aromatic nitrogens is 2. The molecule has 0 saturated heterocycles. The summed E-state index contributed by atoms with van der Waals surface area (Å²) in [5.74, 6) is -0.985. The monoisotopic (exact) mass is 355 g/mol. The van der Waals surface area contributed by atoms with Crippen LogP contribution < -0.4 is 10.3 Å². The van der Waals surface area contributed by atoms with E-state index in [0.29, 0.717) is 10.9 Å². The Morgan fingerprint density at radius 3 is 2.48 bits per heavy atom. The molecule has 1 aromatic carbocycles. The Morgan fingerprint density at radius 1 is 1.32 bits per heavy atom. The Morgan fingerprint density at radius 2 is 1.96 bits per heavy atom. The van der Waals surface area contributed by atoms with E-state index in [2.05, 4.69) is 5.10 Å². The van der Waals surface area contributed by atoms with Crippen molar-refractivity contribution < 1.29 is 22.3 Å². The van der Waals surface area contributed by atoms with E-state index in [9.17, 15) is 22.4 Å². The molecule has 0 spiro atoms. The lowest BCUT2D eigenvalue weighted by Crippen LogP contribution is -2.28. The number of benzene rings is 1. The maximum Gasteiger partial charge on any atom is 0.418 e. The van der Waals surface area contributed by atoms with Gasteiger partial charge < -0.3 is 4.74 Å². The molecule has 0 bridgehead atoms. The van der Waals surface area contributed by atoms with Crippen molar-refractivity contribution in [3.63, 3.8) is 0 Å². The third kappa shape index (κ3) is 3.63. The molecule has 132 valence electrons. The predicted molar refractivity (Wildman–Crippen MR) is 80.0 cm³/mol. The molecule has 0 amide bonds. The molecule has 1 aromatic heterocycles. The zero-order chi connectivity index (χ0) is 18.9. The fourth-order valence-electron chi connectivity index (χ4n) is 2.14. The number of alkyl halides is 3. The minimum absolute atomic E-state index is 0.000140. The van der Waals surface area contributed by atoms with Gasteiger partial charge in [-0.15, -0.1) is 0 Å². The molecule has 0 aliphatic heterocycles. The van der Waals surface area contributed by atoms with E-state index in [1.54, 1.807) is 19.9 Å². The summed E-state index contributed by atoms with van der Waals surface area (Å²) in [6.45, 7) is 4.34. The van der Waals surface area contributed by atoms with Gasteiger partial charge in [0.05, 0.1) is 23.4 Å². The average molecular weight is 355 g/mol. The lowest BCUT2D eigenvalue weighted by atomic mass is 10.1. The first-order valence-electron chi connectivity index (χ1n) is 7.13. The minimum Gasteiger partial charge on any atom is -0.490 e. The van der Waals surface area contributed by atoms with Crippen LogP contribution in [-0.2, 0) is 6.18 Å². The van der Waals surface area contributed by atoms with Crippen LogP contribution in [0.1, 0.15) is 30.5 Å². The van der Waals surface area contributed by atoms with Crippen molar-refractivity contribution in [1.82, 2.24) is 9.78 Å². The van der Waals surface area contributed by atoms with E-state index in [1.807, 2.05) is 0 Å². The van der Waals surface area contributed by atoms with E-state index in [0.717, 1.165) is 19.1 Å². The van der Waals surface area contributed by atoms with Crippen LogP contribution in [0.5, 0.6) is 5.75 Å². The third-order valence-corrected chi connectivity index (χ3v) is 3.29. The van der Waals surface area contributed by atoms with Crippen molar-refractivity contribution in [2.45, 2.75) is 33.1 Å². The molecule has 1 heterocycles. The smallest absolute Gasteiger partial charge is 0.418 e. The lowest BCUT2D eigenvalue weighted by molar-refractivity contribution is -0.138. The molecular weight excluding hydrogens is 342 g/mol. The molecule has 0 unspecified atom stereocenters. The second kappa shape index (κ2) is 6.55. The topological polar surface area (TPSA) is 67.9 Å². The van der Waals surface area contributed by atoms with Crippen molar-refractivity contribution in [2.24, 2.45) is 0 Å². The first kappa shape index (κ1) is 18.4. The largest absolute Gasteiger partial charge is 0.490 e. The molecule has 0 fully saturated rings. The summed E-state index contributed by atoms with van der Waals surface area (Å²) in [7, 11) is 0. The standard InChI is InChI=1S/C16H13F4N3O2/c1-8(2)25-14-5-13(12(17)4-10(14)6-21)23-15(24)9(3)11(7-22-23)16(18,19)20/h4-5,7-8H,1-3H3. The summed E-state index contributed by atoms with van der Waals surface area (Å²) >= 11 is 0. The van der Waals surface area contributed by atoms with Crippen LogP contribution in [0.2, 0.25) is 0 Å². The molecule has 2 rings (SSSR count). The van der Waals surface area contributed by atoms with Crippen molar-refractivity contribution in [3.05, 3.63) is 51.2 Å². The summed E-state index contributed by atoms with van der Waals surface area (Å²) in [4.78, 5) is 12.2. The predicted octanol–water partition coefficient (Wildman–Crippen LogP) is 3.36. The summed E-state index contributed by atoms with van der Waals surface area (Å²) in [6, 6.07) is 3.66. The number of nitrogens with zero attached hydrogens (tertiary/aromatic N) is 3. The number of hydrogen-bond donors (Lipinski definition) is 0. The molecule has 2 aromatic rings. The molecular formula is C16H13F4N3O2. The molecule has 0 aliphatic rings. The Hall–Kier alpha value is -2.89. The number of nitriles is 1. The van der Waals surface area contributed by atoms with E-state index in [1.165, 1.54) is 0 Å². The summed E-state index contributed by atoms with van der Waals surface area (Å²) < 4.78 is 58.6. The molecule has 25 heavy (non-hydrogen) atoms. The minimum atomic E-state index is -4.75. The van der Waals surface area contributed by atoms with Crippen molar-refractivity contribution in [2.75, 3.05) is 0 Å². The number of rotatable bonds is 3. The van der Waals surface area contributed by atoms with Crippen LogP contribution in [0.25, 0.3) is 5.69 Å². The van der Waals surface area contributed by atoms with Gasteiger partial charge in [-0.25, -0.2) is 4.39 Å². The highest BCUT2D eigenvalue weighted by Crippen LogP contribution is 2.30. The van der Waals surface area contributed by atoms with E-state index < -0.39 is 34.4 Å². The van der Waals surface area contributed by atoms with Crippen LogP contribution in [-0.4, -0.2) is 15.9 Å². The molecule has 5 nitrogen and oxygen atoms in total. The molecule has 0 radical (unpaired) electrons. The van der Waals surface area contributed by atoms with Crippen LogP contribution in [0.4, 0.5) is 17.6 Å². The quantitative estimate of drug-likeness (QED) is 0.792. The van der Waals surface area contributed by atoms with E-state index in [4.69, 9.17) is 10.00 Å². The van der Waals surface area contributed by atoms with Crippen molar-refractivity contribution in [3.8, 4) is 17.5 Å². The van der Waals surface area contributed by atoms with Crippen LogP contribution in [0, 0.1) is 24.1 Å². The van der Waals surface area contributed by atoms with Gasteiger partial charge in [0.15, 0.2) is 5.82 Å². The first-order chi connectivity index (χ1) is 11.6. The maximum atomic E-state index is 14.3. The zero-order valence-corrected chi connectivity index (χ0v) is 13.5. The van der Waals surface area contributed by atoms with Gasteiger partial charge in [0.2, 0.25) is 0 Å².